The van der Waals surface area contributed by atoms with Crippen LogP contribution >= 0.6 is 0 Å². The second-order valence-electron chi connectivity index (χ2n) is 24.3. The van der Waals surface area contributed by atoms with Crippen molar-refractivity contribution < 1.29 is 66.4 Å². The van der Waals surface area contributed by atoms with Crippen LogP contribution in [-0.4, -0.2) is 205 Å². The monoisotopic (exact) mass is 1170 g/mol. The molecule has 0 aromatic rings. The molecule has 1 rings (SSSR count). The zero-order valence-corrected chi connectivity index (χ0v) is 58.1. The summed E-state index contributed by atoms with van der Waals surface area (Å²) in [6.07, 6.45) is 9.78. The molecule has 0 bridgehead atoms. The van der Waals surface area contributed by atoms with Gasteiger partial charge in [-0.1, -0.05) is 39.3 Å². The Labute approximate surface area is 512 Å². The number of carbonyl (C=O) groups is 1. The highest BCUT2D eigenvalue weighted by molar-refractivity contribution is 6.19. The lowest BCUT2D eigenvalue weighted by Crippen LogP contribution is -2.42. The number of nitrogens with one attached hydrogen (secondary N) is 1. The molecule has 0 aromatic carbocycles. The zero-order valence-electron chi connectivity index (χ0n) is 58.1. The summed E-state index contributed by atoms with van der Waals surface area (Å²) in [5.74, 6) is -0.190. The topological polar surface area (TPSA) is 149 Å². The van der Waals surface area contributed by atoms with Gasteiger partial charge in [0.25, 0.3) is 0 Å². The standard InChI is InChI=1S/C12H26O2.C11H22BNO3.C11H24O2.C10H19BO3.C10H21BO2.C9H19BO2/c1-6-7-12(14-11(4)5)8-9-13-10(2)3;1-8(2)15-6-10(7-16-9(3)4)13-11(14)5-12;1-6-7-11(13-10(4)5)8-12-9(2)3;1-6(2)13-8-5-12-10(11)9(8)14-7(3)4;1-8(2)12-7-10(5,6-11)13-9(3)4;1-7(2)11-6-9(5-10)12-8(3)4/h10-12H,6-9H2,1-5H3;8-10H,5-7H2,1-4H3,(H,13,14);9-11H,6-8H2,1-5H3;6-10H,5H2,1-4H3;8-9H,6-7H2,1-5H3;7-9H,5-6H2,1-4H3/t;;;8-,9?,10-;;/m...1../s1. The number of amides is 1. The van der Waals surface area contributed by atoms with E-state index in [-0.39, 0.29) is 103 Å². The molecular formula is C63H131B4NO14. The van der Waals surface area contributed by atoms with Gasteiger partial charge in [-0.2, -0.15) is 0 Å². The van der Waals surface area contributed by atoms with Crippen molar-refractivity contribution in [2.24, 2.45) is 0 Å². The molecule has 0 aliphatic carbocycles. The third kappa shape index (κ3) is 65.2. The van der Waals surface area contributed by atoms with Crippen LogP contribution in [-0.2, 0) is 66.4 Å². The minimum absolute atomic E-state index is 0.0140. The number of carbonyl (C=O) groups excluding carboxylic acids is 1. The van der Waals surface area contributed by atoms with Crippen molar-refractivity contribution in [3.8, 4) is 0 Å². The highest BCUT2D eigenvalue weighted by Gasteiger charge is 2.37. The van der Waals surface area contributed by atoms with E-state index in [9.17, 15) is 4.79 Å². The van der Waals surface area contributed by atoms with Crippen molar-refractivity contribution in [3.63, 3.8) is 0 Å². The lowest BCUT2D eigenvalue weighted by Gasteiger charge is -2.31. The van der Waals surface area contributed by atoms with Gasteiger partial charge in [-0.05, 0) is 199 Å². The molecule has 1 aliphatic rings. The highest BCUT2D eigenvalue weighted by Crippen LogP contribution is 2.22. The van der Waals surface area contributed by atoms with Crippen LogP contribution in [0.25, 0.3) is 0 Å². The van der Waals surface area contributed by atoms with Crippen molar-refractivity contribution >= 4 is 37.3 Å². The lowest BCUT2D eigenvalue weighted by molar-refractivity contribution is -0.121. The van der Waals surface area contributed by atoms with E-state index in [1.807, 2.05) is 118 Å². The van der Waals surface area contributed by atoms with Gasteiger partial charge < -0.3 is 66.9 Å². The molecule has 5 unspecified atom stereocenters. The molecule has 1 amide bonds. The second-order valence-corrected chi connectivity index (χ2v) is 24.3. The van der Waals surface area contributed by atoms with Crippen molar-refractivity contribution in [3.05, 3.63) is 0 Å². The fraction of sp³-hybridized carbons (Fsp3) is 0.984. The normalized spacial score (nSPS) is 17.2. The van der Waals surface area contributed by atoms with Crippen LogP contribution < -0.4 is 5.32 Å². The molecule has 1 aliphatic heterocycles. The third-order valence-corrected chi connectivity index (χ3v) is 10.5. The maximum absolute atomic E-state index is 11.2. The number of rotatable bonds is 39. The Morgan fingerprint density at radius 3 is 1.27 bits per heavy atom. The van der Waals surface area contributed by atoms with E-state index in [0.717, 1.165) is 38.9 Å². The van der Waals surface area contributed by atoms with Crippen LogP contribution in [0, 0.1) is 0 Å². The fourth-order valence-electron chi connectivity index (χ4n) is 7.11. The van der Waals surface area contributed by atoms with Gasteiger partial charge in [0.2, 0.25) is 5.91 Å². The molecule has 15 nitrogen and oxygen atoms in total. The molecule has 19 heteroatoms. The second kappa shape index (κ2) is 56.7. The van der Waals surface area contributed by atoms with Crippen LogP contribution in [0.1, 0.15) is 219 Å². The predicted molar refractivity (Wildman–Crippen MR) is 345 cm³/mol. The number of ether oxygens (including phenoxy) is 13. The van der Waals surface area contributed by atoms with Gasteiger partial charge in [-0.15, -0.1) is 0 Å². The molecular weight excluding hydrogens is 1040 g/mol. The Morgan fingerprint density at radius 2 is 0.902 bits per heavy atom. The van der Waals surface area contributed by atoms with Crippen LogP contribution in [0.15, 0.2) is 0 Å². The first kappa shape index (κ1) is 90.0. The SMILES string of the molecule is CCCC(CCOC(C)C)OC(C)C.CCCC(COC(C)C)OC(C)C.[B]CC(=O)NC(COC(C)C)COC(C)C.[B]CC(C)(COC(C)C)OC(C)C.[B]CC(COC(C)C)OC(C)C.[B][C@@H]1OC[C@@H](OC(C)C)C1OC(C)C. The van der Waals surface area contributed by atoms with Gasteiger partial charge in [0.1, 0.15) is 20.1 Å². The van der Waals surface area contributed by atoms with Crippen molar-refractivity contribution in [2.45, 2.75) is 359 Å². The quantitative estimate of drug-likeness (QED) is 0.0582. The van der Waals surface area contributed by atoms with Crippen LogP contribution in [0.5, 0.6) is 0 Å². The summed E-state index contributed by atoms with van der Waals surface area (Å²) in [6.45, 7) is 58.8. The molecule has 82 heavy (non-hydrogen) atoms. The lowest BCUT2D eigenvalue weighted by atomic mass is 9.88. The first-order valence-electron chi connectivity index (χ1n) is 31.4. The summed E-state index contributed by atoms with van der Waals surface area (Å²) >= 11 is 0. The summed E-state index contributed by atoms with van der Waals surface area (Å²) in [6, 6.07) is -0.498. The van der Waals surface area contributed by atoms with Crippen LogP contribution in [0.2, 0.25) is 19.0 Å². The number of hydrogen-bond acceptors (Lipinski definition) is 14. The molecule has 1 N–H and O–H groups in total. The summed E-state index contributed by atoms with van der Waals surface area (Å²) < 4.78 is 72.2. The van der Waals surface area contributed by atoms with Gasteiger partial charge >= 0.3 is 0 Å². The Morgan fingerprint density at radius 1 is 0.500 bits per heavy atom. The van der Waals surface area contributed by atoms with Crippen molar-refractivity contribution in [1.29, 1.82) is 0 Å². The smallest absolute Gasteiger partial charge is 0.211 e. The van der Waals surface area contributed by atoms with E-state index < -0.39 is 0 Å². The van der Waals surface area contributed by atoms with Gasteiger partial charge in [-0.3, -0.25) is 4.79 Å². The maximum atomic E-state index is 11.2. The summed E-state index contributed by atoms with van der Waals surface area (Å²) in [7, 11) is 22.1. The molecule has 7 atom stereocenters. The van der Waals surface area contributed by atoms with Gasteiger partial charge in [0, 0.05) is 12.6 Å². The minimum atomic E-state index is -0.360. The van der Waals surface area contributed by atoms with Crippen molar-refractivity contribution in [2.75, 3.05) is 46.2 Å². The molecule has 0 saturated carbocycles. The highest BCUT2D eigenvalue weighted by atomic mass is 16.6. The Bertz CT molecular complexity index is 1340. The minimum Gasteiger partial charge on any atom is -0.382 e. The first-order chi connectivity index (χ1) is 38.0. The van der Waals surface area contributed by atoms with Gasteiger partial charge in [-0.25, -0.2) is 0 Å². The largest absolute Gasteiger partial charge is 0.382 e. The summed E-state index contributed by atoms with van der Waals surface area (Å²) in [4.78, 5) is 11.2. The Kier molecular flexibility index (Phi) is 62.2. The van der Waals surface area contributed by atoms with Crippen LogP contribution in [0.4, 0.5) is 0 Å². The van der Waals surface area contributed by atoms with E-state index in [1.54, 1.807) is 0 Å². The van der Waals surface area contributed by atoms with Crippen LogP contribution in [0.3, 0.4) is 0 Å². The Hall–Kier alpha value is -0.790. The average Bonchev–Trinajstić information content (AvgIpc) is 3.69. The van der Waals surface area contributed by atoms with Gasteiger partial charge in [0.05, 0.1) is 166 Å². The van der Waals surface area contributed by atoms with E-state index in [2.05, 4.69) is 74.6 Å². The molecule has 484 valence electrons. The molecule has 1 heterocycles. The third-order valence-electron chi connectivity index (χ3n) is 10.5. The molecule has 1 fully saturated rings. The van der Waals surface area contributed by atoms with E-state index in [0.29, 0.717) is 76.2 Å². The Balaban J connectivity index is -0.000000290. The molecule has 0 aromatic heterocycles. The molecule has 1 saturated heterocycles. The summed E-state index contributed by atoms with van der Waals surface area (Å²) in [5.41, 5.74) is -0.349. The average molecular weight is 1170 g/mol. The molecule has 0 spiro atoms. The molecule has 8 radical (unpaired) electrons. The van der Waals surface area contributed by atoms with E-state index in [1.165, 1.54) is 6.42 Å². The van der Waals surface area contributed by atoms with Crippen molar-refractivity contribution in [1.82, 2.24) is 5.32 Å². The van der Waals surface area contributed by atoms with Gasteiger partial charge in [0.15, 0.2) is 0 Å². The summed E-state index contributed by atoms with van der Waals surface area (Å²) in [5, 5.41) is 2.76. The zero-order chi connectivity index (χ0) is 64.6. The maximum Gasteiger partial charge on any atom is 0.211 e. The predicted octanol–water partition coefficient (Wildman–Crippen LogP) is 12.4. The van der Waals surface area contributed by atoms with E-state index in [4.69, 9.17) is 93.0 Å². The van der Waals surface area contributed by atoms with E-state index >= 15 is 0 Å². The first-order valence-corrected chi connectivity index (χ1v) is 31.4. The number of hydrogen-bond donors (Lipinski definition) is 1. The fourth-order valence-corrected chi connectivity index (χ4v) is 7.11.